The van der Waals surface area contributed by atoms with E-state index in [9.17, 15) is 0 Å². The largest absolute Gasteiger partial charge is 0.349 e. The van der Waals surface area contributed by atoms with E-state index >= 15 is 0 Å². The lowest BCUT2D eigenvalue weighted by atomic mass is 9.48. The maximum Gasteiger partial charge on any atom is 0.0360 e. The minimum atomic E-state index is 0.582. The molecular formula is C17H24N2. The lowest BCUT2D eigenvalue weighted by Crippen LogP contribution is -2.48. The molecule has 1 aromatic rings. The maximum absolute atomic E-state index is 3.51. The fourth-order valence-corrected chi connectivity index (χ4v) is 6.08. The molecule has 2 heterocycles. The molecule has 0 unspecified atom stereocenters. The van der Waals surface area contributed by atoms with Crippen LogP contribution in [0.5, 0.6) is 0 Å². The number of hydrogen-bond donors (Lipinski definition) is 1. The smallest absolute Gasteiger partial charge is 0.0360 e. The molecule has 0 spiro atoms. The molecule has 0 aromatic carbocycles. The maximum atomic E-state index is 3.51. The first-order valence-corrected chi connectivity index (χ1v) is 8.21. The molecule has 1 N–H and O–H groups in total. The van der Waals surface area contributed by atoms with Crippen molar-refractivity contribution in [1.29, 1.82) is 0 Å². The summed E-state index contributed by atoms with van der Waals surface area (Å²) >= 11 is 0. The SMILES string of the molecule is c1c(C23CC4CC(CC(C4)C2)C3)cn2c1CNCC2. The van der Waals surface area contributed by atoms with Crippen LogP contribution in [-0.4, -0.2) is 11.1 Å². The standard InChI is InChI=1S/C17H24N2/c1-2-19-11-15(6-16(19)10-18-1)17-7-12-3-13(8-17)5-14(4-12)9-17/h6,11-14,18H,1-5,7-10H2. The van der Waals surface area contributed by atoms with Gasteiger partial charge in [0.25, 0.3) is 0 Å². The number of aromatic nitrogens is 1. The van der Waals surface area contributed by atoms with Crippen LogP contribution in [0.4, 0.5) is 0 Å². The van der Waals surface area contributed by atoms with Gasteiger partial charge in [-0.2, -0.15) is 0 Å². The molecule has 4 saturated carbocycles. The zero-order valence-corrected chi connectivity index (χ0v) is 11.7. The molecule has 1 aliphatic heterocycles. The van der Waals surface area contributed by atoms with E-state index in [0.717, 1.165) is 30.8 Å². The van der Waals surface area contributed by atoms with E-state index in [0.29, 0.717) is 5.41 Å². The molecule has 5 aliphatic rings. The van der Waals surface area contributed by atoms with E-state index in [1.807, 2.05) is 0 Å². The van der Waals surface area contributed by atoms with E-state index in [1.165, 1.54) is 31.5 Å². The van der Waals surface area contributed by atoms with Crippen molar-refractivity contribution in [1.82, 2.24) is 9.88 Å². The monoisotopic (exact) mass is 256 g/mol. The van der Waals surface area contributed by atoms with Gasteiger partial charge in [-0.05, 0) is 73.3 Å². The fraction of sp³-hybridized carbons (Fsp3) is 0.765. The van der Waals surface area contributed by atoms with Crippen LogP contribution in [0.2, 0.25) is 0 Å². The van der Waals surface area contributed by atoms with Gasteiger partial charge in [-0.15, -0.1) is 0 Å². The van der Waals surface area contributed by atoms with Gasteiger partial charge in [0.05, 0.1) is 0 Å². The summed E-state index contributed by atoms with van der Waals surface area (Å²) in [7, 11) is 0. The van der Waals surface area contributed by atoms with Crippen molar-refractivity contribution in [2.45, 2.75) is 57.0 Å². The molecule has 19 heavy (non-hydrogen) atoms. The van der Waals surface area contributed by atoms with Crippen molar-refractivity contribution in [2.24, 2.45) is 17.8 Å². The third-order valence-corrected chi connectivity index (χ3v) is 6.47. The molecule has 4 aliphatic carbocycles. The zero-order valence-electron chi connectivity index (χ0n) is 11.7. The van der Waals surface area contributed by atoms with Gasteiger partial charge in [0.2, 0.25) is 0 Å². The number of fused-ring (bicyclic) bond motifs is 1. The Morgan fingerprint density at radius 3 is 2.37 bits per heavy atom. The number of hydrogen-bond acceptors (Lipinski definition) is 1. The predicted molar refractivity (Wildman–Crippen MR) is 76.0 cm³/mol. The summed E-state index contributed by atoms with van der Waals surface area (Å²) in [6.45, 7) is 3.38. The first-order chi connectivity index (χ1) is 9.31. The first kappa shape index (κ1) is 11.0. The lowest BCUT2D eigenvalue weighted by Gasteiger charge is -2.56. The van der Waals surface area contributed by atoms with Crippen molar-refractivity contribution in [3.8, 4) is 0 Å². The number of nitrogens with one attached hydrogen (secondary N) is 1. The Balaban J connectivity index is 1.56. The molecular weight excluding hydrogens is 232 g/mol. The summed E-state index contributed by atoms with van der Waals surface area (Å²) in [5.74, 6) is 3.17. The van der Waals surface area contributed by atoms with Crippen molar-refractivity contribution < 1.29 is 0 Å². The summed E-state index contributed by atoms with van der Waals surface area (Å²) in [5, 5.41) is 3.51. The van der Waals surface area contributed by atoms with Crippen LogP contribution in [0, 0.1) is 17.8 Å². The van der Waals surface area contributed by atoms with Crippen LogP contribution in [0.15, 0.2) is 12.3 Å². The van der Waals surface area contributed by atoms with Crippen LogP contribution >= 0.6 is 0 Å². The van der Waals surface area contributed by atoms with Gasteiger partial charge < -0.3 is 9.88 Å². The van der Waals surface area contributed by atoms with Gasteiger partial charge in [0.1, 0.15) is 0 Å². The van der Waals surface area contributed by atoms with Crippen LogP contribution < -0.4 is 5.32 Å². The van der Waals surface area contributed by atoms with Crippen LogP contribution in [0.3, 0.4) is 0 Å². The normalized spacial score (nSPS) is 43.5. The van der Waals surface area contributed by atoms with Gasteiger partial charge in [-0.1, -0.05) is 0 Å². The Morgan fingerprint density at radius 1 is 1.05 bits per heavy atom. The third-order valence-electron chi connectivity index (χ3n) is 6.47. The van der Waals surface area contributed by atoms with Gasteiger partial charge in [-0.25, -0.2) is 0 Å². The van der Waals surface area contributed by atoms with Crippen molar-refractivity contribution in [3.05, 3.63) is 23.5 Å². The highest BCUT2D eigenvalue weighted by molar-refractivity contribution is 5.31. The molecule has 6 rings (SSSR count). The quantitative estimate of drug-likeness (QED) is 0.817. The summed E-state index contributed by atoms with van der Waals surface area (Å²) in [4.78, 5) is 0. The van der Waals surface area contributed by atoms with Crippen molar-refractivity contribution >= 4 is 0 Å². The summed E-state index contributed by atoms with van der Waals surface area (Å²) in [6, 6.07) is 2.54. The molecule has 0 saturated heterocycles. The average Bonchev–Trinajstić information content (AvgIpc) is 2.81. The molecule has 2 heteroatoms. The van der Waals surface area contributed by atoms with Gasteiger partial charge in [-0.3, -0.25) is 0 Å². The Hall–Kier alpha value is -0.760. The van der Waals surface area contributed by atoms with E-state index in [4.69, 9.17) is 0 Å². The second-order valence-corrected chi connectivity index (χ2v) is 7.79. The van der Waals surface area contributed by atoms with Crippen molar-refractivity contribution in [3.63, 3.8) is 0 Å². The Labute approximate surface area is 115 Å². The molecule has 0 atom stereocenters. The summed E-state index contributed by atoms with van der Waals surface area (Å²) in [5.41, 5.74) is 3.81. The number of rotatable bonds is 1. The minimum absolute atomic E-state index is 0.582. The predicted octanol–water partition coefficient (Wildman–Crippen LogP) is 3.06. The molecule has 0 amide bonds. The topological polar surface area (TPSA) is 17.0 Å². The van der Waals surface area contributed by atoms with Crippen LogP contribution in [0.25, 0.3) is 0 Å². The van der Waals surface area contributed by atoms with E-state index in [-0.39, 0.29) is 0 Å². The van der Waals surface area contributed by atoms with Gasteiger partial charge in [0, 0.05) is 31.5 Å². The Bertz CT molecular complexity index is 455. The van der Waals surface area contributed by atoms with E-state index in [1.54, 1.807) is 24.8 Å². The summed E-state index contributed by atoms with van der Waals surface area (Å²) < 4.78 is 2.52. The second-order valence-electron chi connectivity index (χ2n) is 7.79. The number of nitrogens with zero attached hydrogens (tertiary/aromatic N) is 1. The average molecular weight is 256 g/mol. The van der Waals surface area contributed by atoms with Crippen LogP contribution in [-0.2, 0) is 18.5 Å². The zero-order chi connectivity index (χ0) is 12.4. The molecule has 1 aromatic heterocycles. The Kier molecular flexibility index (Phi) is 2.11. The third kappa shape index (κ3) is 1.53. The highest BCUT2D eigenvalue weighted by atomic mass is 15.1. The molecule has 0 radical (unpaired) electrons. The Morgan fingerprint density at radius 2 is 1.74 bits per heavy atom. The highest BCUT2D eigenvalue weighted by Gasteiger charge is 2.51. The van der Waals surface area contributed by atoms with E-state index < -0.39 is 0 Å². The fourth-order valence-electron chi connectivity index (χ4n) is 6.08. The lowest BCUT2D eigenvalue weighted by molar-refractivity contribution is -0.00519. The van der Waals surface area contributed by atoms with Gasteiger partial charge in [0.15, 0.2) is 0 Å². The first-order valence-electron chi connectivity index (χ1n) is 8.21. The van der Waals surface area contributed by atoms with Crippen LogP contribution in [0.1, 0.15) is 49.8 Å². The summed E-state index contributed by atoms with van der Waals surface area (Å²) in [6.07, 6.45) is 11.7. The minimum Gasteiger partial charge on any atom is -0.349 e. The second kappa shape index (κ2) is 3.66. The van der Waals surface area contributed by atoms with E-state index in [2.05, 4.69) is 22.1 Å². The molecule has 4 fully saturated rings. The highest BCUT2D eigenvalue weighted by Crippen LogP contribution is 2.60. The van der Waals surface area contributed by atoms with Crippen molar-refractivity contribution in [2.75, 3.05) is 6.54 Å². The molecule has 102 valence electrons. The van der Waals surface area contributed by atoms with Gasteiger partial charge >= 0.3 is 0 Å². The molecule has 4 bridgehead atoms. The molecule has 2 nitrogen and oxygen atoms in total.